The van der Waals surface area contributed by atoms with Crippen LogP contribution in [-0.4, -0.2) is 23.8 Å². The summed E-state index contributed by atoms with van der Waals surface area (Å²) in [6.07, 6.45) is -0.930. The molecule has 1 aromatic carbocycles. The van der Waals surface area contributed by atoms with Crippen molar-refractivity contribution in [3.63, 3.8) is 0 Å². The molecule has 0 aliphatic carbocycles. The van der Waals surface area contributed by atoms with Crippen LogP contribution in [0, 0.1) is 0 Å². The van der Waals surface area contributed by atoms with Gasteiger partial charge in [0.2, 0.25) is 0 Å². The van der Waals surface area contributed by atoms with Crippen LogP contribution in [0.15, 0.2) is 24.3 Å². The van der Waals surface area contributed by atoms with E-state index in [0.29, 0.717) is 11.5 Å². The van der Waals surface area contributed by atoms with Crippen LogP contribution in [0.2, 0.25) is 0 Å². The van der Waals surface area contributed by atoms with Gasteiger partial charge in [0.25, 0.3) is 0 Å². The van der Waals surface area contributed by atoms with Crippen LogP contribution in [0.25, 0.3) is 0 Å². The summed E-state index contributed by atoms with van der Waals surface area (Å²) in [6, 6.07) is 6.84. The standard InChI is InChI=1S/C14H18O4/c1-9(15)11(3)17-13-5-7-14(8-6-13)18-12(4)10(2)16/h5-8,11-12H,1-4H3. The SMILES string of the molecule is CC(=O)C(C)Oc1ccc(OC(C)C(C)=O)cc1. The van der Waals surface area contributed by atoms with Gasteiger partial charge in [-0.15, -0.1) is 0 Å². The third-order valence-corrected chi connectivity index (χ3v) is 2.59. The van der Waals surface area contributed by atoms with Gasteiger partial charge in [-0.25, -0.2) is 0 Å². The number of ketones is 2. The Hall–Kier alpha value is -1.84. The number of rotatable bonds is 6. The van der Waals surface area contributed by atoms with Gasteiger partial charge in [0.15, 0.2) is 23.8 Å². The van der Waals surface area contributed by atoms with E-state index in [1.807, 2.05) is 0 Å². The van der Waals surface area contributed by atoms with E-state index in [9.17, 15) is 9.59 Å². The van der Waals surface area contributed by atoms with Crippen molar-refractivity contribution in [3.8, 4) is 11.5 Å². The highest BCUT2D eigenvalue weighted by molar-refractivity contribution is 5.80. The van der Waals surface area contributed by atoms with E-state index in [1.54, 1.807) is 38.1 Å². The first-order chi connectivity index (χ1) is 8.40. The van der Waals surface area contributed by atoms with Crippen molar-refractivity contribution in [2.45, 2.75) is 39.9 Å². The fourth-order valence-electron chi connectivity index (χ4n) is 1.17. The first-order valence-electron chi connectivity index (χ1n) is 5.84. The second-order valence-corrected chi connectivity index (χ2v) is 4.21. The summed E-state index contributed by atoms with van der Waals surface area (Å²) in [4.78, 5) is 22.1. The molecule has 0 N–H and O–H groups in total. The van der Waals surface area contributed by atoms with Crippen molar-refractivity contribution >= 4 is 11.6 Å². The van der Waals surface area contributed by atoms with Gasteiger partial charge in [-0.2, -0.15) is 0 Å². The summed E-state index contributed by atoms with van der Waals surface area (Å²) < 4.78 is 10.8. The molecule has 0 amide bonds. The van der Waals surface area contributed by atoms with E-state index in [1.165, 1.54) is 13.8 Å². The first kappa shape index (κ1) is 14.2. The zero-order valence-electron chi connectivity index (χ0n) is 11.1. The van der Waals surface area contributed by atoms with Gasteiger partial charge >= 0.3 is 0 Å². The molecule has 0 fully saturated rings. The Labute approximate surface area is 107 Å². The van der Waals surface area contributed by atoms with E-state index in [-0.39, 0.29) is 11.6 Å². The molecule has 1 rings (SSSR count). The lowest BCUT2D eigenvalue weighted by molar-refractivity contribution is -0.123. The fraction of sp³-hybridized carbons (Fsp3) is 0.429. The molecule has 0 aliphatic heterocycles. The van der Waals surface area contributed by atoms with Crippen molar-refractivity contribution in [1.82, 2.24) is 0 Å². The van der Waals surface area contributed by atoms with Crippen molar-refractivity contribution in [1.29, 1.82) is 0 Å². The number of carbonyl (C=O) groups is 2. The molecular formula is C14H18O4. The van der Waals surface area contributed by atoms with Gasteiger partial charge in [-0.3, -0.25) is 9.59 Å². The van der Waals surface area contributed by atoms with Crippen LogP contribution >= 0.6 is 0 Å². The molecule has 0 aliphatic rings. The maximum absolute atomic E-state index is 11.0. The van der Waals surface area contributed by atoms with E-state index >= 15 is 0 Å². The maximum Gasteiger partial charge on any atom is 0.169 e. The Kier molecular flexibility index (Phi) is 4.89. The third kappa shape index (κ3) is 4.20. The van der Waals surface area contributed by atoms with E-state index < -0.39 is 12.2 Å². The number of benzene rings is 1. The Bertz CT molecular complexity index is 381. The molecule has 2 atom stereocenters. The predicted molar refractivity (Wildman–Crippen MR) is 68.0 cm³/mol. The Morgan fingerprint density at radius 3 is 1.33 bits per heavy atom. The molecule has 18 heavy (non-hydrogen) atoms. The van der Waals surface area contributed by atoms with Crippen LogP contribution in [0.3, 0.4) is 0 Å². The second kappa shape index (κ2) is 6.19. The molecule has 0 bridgehead atoms. The highest BCUT2D eigenvalue weighted by atomic mass is 16.5. The average molecular weight is 250 g/mol. The molecule has 2 unspecified atom stereocenters. The lowest BCUT2D eigenvalue weighted by Gasteiger charge is -2.14. The van der Waals surface area contributed by atoms with Crippen LogP contribution in [-0.2, 0) is 9.59 Å². The van der Waals surface area contributed by atoms with Crippen molar-refractivity contribution in [3.05, 3.63) is 24.3 Å². The number of Topliss-reactive ketones (excluding diaryl/α,β-unsaturated/α-hetero) is 2. The Morgan fingerprint density at radius 2 is 1.11 bits per heavy atom. The highest BCUT2D eigenvalue weighted by Crippen LogP contribution is 2.19. The zero-order chi connectivity index (χ0) is 13.7. The molecule has 1 aromatic rings. The highest BCUT2D eigenvalue weighted by Gasteiger charge is 2.11. The lowest BCUT2D eigenvalue weighted by Crippen LogP contribution is -2.21. The number of ether oxygens (including phenoxy) is 2. The minimum absolute atomic E-state index is 0.0273. The summed E-state index contributed by atoms with van der Waals surface area (Å²) in [5.74, 6) is 1.14. The van der Waals surface area contributed by atoms with Gasteiger partial charge < -0.3 is 9.47 Å². The second-order valence-electron chi connectivity index (χ2n) is 4.21. The molecule has 0 spiro atoms. The van der Waals surface area contributed by atoms with E-state index in [0.717, 1.165) is 0 Å². The van der Waals surface area contributed by atoms with Crippen LogP contribution in [0.1, 0.15) is 27.7 Å². The van der Waals surface area contributed by atoms with Gasteiger partial charge in [0.05, 0.1) is 0 Å². The molecule has 4 nitrogen and oxygen atoms in total. The molecule has 4 heteroatoms. The Balaban J connectivity index is 2.63. The largest absolute Gasteiger partial charge is 0.483 e. The van der Waals surface area contributed by atoms with Gasteiger partial charge in [-0.05, 0) is 52.0 Å². The van der Waals surface area contributed by atoms with E-state index in [2.05, 4.69) is 0 Å². The Morgan fingerprint density at radius 1 is 0.833 bits per heavy atom. The lowest BCUT2D eigenvalue weighted by atomic mass is 10.2. The molecule has 98 valence electrons. The normalized spacial score (nSPS) is 13.6. The zero-order valence-corrected chi connectivity index (χ0v) is 11.1. The van der Waals surface area contributed by atoms with Gasteiger partial charge in [-0.1, -0.05) is 0 Å². The summed E-state index contributed by atoms with van der Waals surface area (Å²) >= 11 is 0. The summed E-state index contributed by atoms with van der Waals surface area (Å²) in [5.41, 5.74) is 0. The number of carbonyl (C=O) groups excluding carboxylic acids is 2. The topological polar surface area (TPSA) is 52.6 Å². The third-order valence-electron chi connectivity index (χ3n) is 2.59. The number of hydrogen-bond donors (Lipinski definition) is 0. The molecule has 0 aromatic heterocycles. The summed E-state index contributed by atoms with van der Waals surface area (Å²) in [7, 11) is 0. The van der Waals surface area contributed by atoms with Gasteiger partial charge in [0.1, 0.15) is 11.5 Å². The van der Waals surface area contributed by atoms with Crippen molar-refractivity contribution < 1.29 is 19.1 Å². The minimum Gasteiger partial charge on any atom is -0.483 e. The molecule has 0 saturated heterocycles. The first-order valence-corrected chi connectivity index (χ1v) is 5.84. The summed E-state index contributed by atoms with van der Waals surface area (Å²) in [6.45, 7) is 6.36. The monoisotopic (exact) mass is 250 g/mol. The van der Waals surface area contributed by atoms with Crippen LogP contribution in [0.5, 0.6) is 11.5 Å². The molecule has 0 heterocycles. The number of hydrogen-bond acceptors (Lipinski definition) is 4. The molecule has 0 radical (unpaired) electrons. The quantitative estimate of drug-likeness (QED) is 0.778. The van der Waals surface area contributed by atoms with Crippen LogP contribution in [0.4, 0.5) is 0 Å². The minimum atomic E-state index is -0.465. The van der Waals surface area contributed by atoms with E-state index in [4.69, 9.17) is 9.47 Å². The summed E-state index contributed by atoms with van der Waals surface area (Å²) in [5, 5.41) is 0. The average Bonchev–Trinajstić information content (AvgIpc) is 2.31. The van der Waals surface area contributed by atoms with Crippen LogP contribution < -0.4 is 9.47 Å². The van der Waals surface area contributed by atoms with Gasteiger partial charge in [0, 0.05) is 0 Å². The molecular weight excluding hydrogens is 232 g/mol. The molecule has 0 saturated carbocycles. The van der Waals surface area contributed by atoms with Crippen molar-refractivity contribution in [2.75, 3.05) is 0 Å². The van der Waals surface area contributed by atoms with Crippen molar-refractivity contribution in [2.24, 2.45) is 0 Å². The fourth-order valence-corrected chi connectivity index (χ4v) is 1.17. The smallest absolute Gasteiger partial charge is 0.169 e. The maximum atomic E-state index is 11.0. The predicted octanol–water partition coefficient (Wildman–Crippen LogP) is 2.40.